The second kappa shape index (κ2) is 11.0. The molecule has 2 aromatic rings. The Labute approximate surface area is 193 Å². The van der Waals surface area contributed by atoms with Crippen LogP contribution >= 0.6 is 0 Å². The minimum atomic E-state index is 0.0930. The number of aromatic nitrogens is 1. The van der Waals surface area contributed by atoms with Gasteiger partial charge in [-0.05, 0) is 81.8 Å². The summed E-state index contributed by atoms with van der Waals surface area (Å²) in [6, 6.07) is 4.20. The number of likely N-dealkylation sites (tertiary alicyclic amines) is 1. The van der Waals surface area contributed by atoms with Crippen LogP contribution in [0.2, 0.25) is 0 Å². The molecule has 176 valence electrons. The molecular formula is C27H40N2O3. The number of rotatable bonds is 9. The Morgan fingerprint density at radius 3 is 2.12 bits per heavy atom. The average Bonchev–Trinajstić information content (AvgIpc) is 2.82. The Bertz CT molecular complexity index is 947. The quantitative estimate of drug-likeness (QED) is 0.536. The molecule has 1 aliphatic rings. The predicted octanol–water partition coefficient (Wildman–Crippen LogP) is 5.22. The summed E-state index contributed by atoms with van der Waals surface area (Å²) in [6.07, 6.45) is 7.70. The molecule has 0 atom stereocenters. The lowest BCUT2D eigenvalue weighted by Crippen LogP contribution is -2.35. The molecule has 1 saturated heterocycles. The van der Waals surface area contributed by atoms with Gasteiger partial charge in [0.1, 0.15) is 11.5 Å². The normalized spacial score (nSPS) is 15.2. The molecule has 1 aromatic carbocycles. The van der Waals surface area contributed by atoms with Gasteiger partial charge in [0.05, 0.1) is 14.2 Å². The average molecular weight is 441 g/mol. The van der Waals surface area contributed by atoms with E-state index in [9.17, 15) is 4.79 Å². The van der Waals surface area contributed by atoms with Crippen LogP contribution in [0, 0.1) is 19.8 Å². The van der Waals surface area contributed by atoms with Crippen molar-refractivity contribution in [2.24, 2.45) is 5.92 Å². The lowest BCUT2D eigenvalue weighted by molar-refractivity contribution is 0.183. The number of aryl methyl sites for hydroxylation is 1. The van der Waals surface area contributed by atoms with E-state index >= 15 is 0 Å². The fourth-order valence-electron chi connectivity index (χ4n) is 4.86. The molecule has 0 amide bonds. The molecule has 0 spiro atoms. The molecule has 0 unspecified atom stereocenters. The van der Waals surface area contributed by atoms with E-state index < -0.39 is 0 Å². The van der Waals surface area contributed by atoms with Crippen molar-refractivity contribution in [3.63, 3.8) is 0 Å². The molecule has 0 aliphatic carbocycles. The van der Waals surface area contributed by atoms with Crippen LogP contribution in [-0.2, 0) is 13.0 Å². The number of hydrogen-bond acceptors (Lipinski definition) is 4. The summed E-state index contributed by atoms with van der Waals surface area (Å²) >= 11 is 0. The highest BCUT2D eigenvalue weighted by Crippen LogP contribution is 2.37. The van der Waals surface area contributed by atoms with E-state index in [0.717, 1.165) is 64.6 Å². The zero-order valence-corrected chi connectivity index (χ0v) is 20.8. The molecule has 0 saturated carbocycles. The highest BCUT2D eigenvalue weighted by Gasteiger charge is 2.20. The van der Waals surface area contributed by atoms with Gasteiger partial charge in [-0.1, -0.05) is 20.3 Å². The summed E-state index contributed by atoms with van der Waals surface area (Å²) in [4.78, 5) is 15.2. The maximum atomic E-state index is 12.6. The zero-order valence-electron chi connectivity index (χ0n) is 20.8. The zero-order chi connectivity index (χ0) is 23.3. The van der Waals surface area contributed by atoms with E-state index in [1.807, 2.05) is 24.6 Å². The summed E-state index contributed by atoms with van der Waals surface area (Å²) in [6.45, 7) is 12.4. The van der Waals surface area contributed by atoms with Crippen molar-refractivity contribution in [3.05, 3.63) is 45.4 Å². The maximum absolute atomic E-state index is 12.6. The Hall–Kier alpha value is -2.27. The van der Waals surface area contributed by atoms with Gasteiger partial charge in [-0.15, -0.1) is 0 Å². The molecule has 0 radical (unpaired) electrons. The summed E-state index contributed by atoms with van der Waals surface area (Å²) in [5.74, 6) is 2.60. The van der Waals surface area contributed by atoms with Gasteiger partial charge in [0.25, 0.3) is 5.56 Å². The van der Waals surface area contributed by atoms with Crippen molar-refractivity contribution in [1.29, 1.82) is 0 Å². The van der Waals surface area contributed by atoms with Crippen LogP contribution in [0.3, 0.4) is 0 Å². The topological polar surface area (TPSA) is 43.7 Å². The van der Waals surface area contributed by atoms with Gasteiger partial charge >= 0.3 is 0 Å². The standard InChI is InChI=1S/C27H40N2O3/c1-7-12-29-18-24(19(3)20(4)27(29)30)22-16-25(31-5)23(26(17-22)32-6)11-15-28-13-9-21(8-2)10-14-28/h16-18,21H,7-15H2,1-6H3. The van der Waals surface area contributed by atoms with E-state index in [0.29, 0.717) is 6.54 Å². The summed E-state index contributed by atoms with van der Waals surface area (Å²) in [7, 11) is 3.45. The Balaban J connectivity index is 1.92. The minimum Gasteiger partial charge on any atom is -0.496 e. The number of pyridine rings is 1. The van der Waals surface area contributed by atoms with E-state index in [1.165, 1.54) is 32.4 Å². The van der Waals surface area contributed by atoms with E-state index in [4.69, 9.17) is 9.47 Å². The molecule has 5 nitrogen and oxygen atoms in total. The number of nitrogens with zero attached hydrogens (tertiary/aromatic N) is 2. The maximum Gasteiger partial charge on any atom is 0.253 e. The number of ether oxygens (including phenoxy) is 2. The van der Waals surface area contributed by atoms with Crippen LogP contribution in [0.1, 0.15) is 56.2 Å². The van der Waals surface area contributed by atoms with Crippen LogP contribution in [-0.4, -0.2) is 43.3 Å². The lowest BCUT2D eigenvalue weighted by atomic mass is 9.94. The Morgan fingerprint density at radius 2 is 1.59 bits per heavy atom. The molecule has 0 N–H and O–H groups in total. The van der Waals surface area contributed by atoms with Gasteiger partial charge in [-0.25, -0.2) is 0 Å². The van der Waals surface area contributed by atoms with Crippen LogP contribution < -0.4 is 15.0 Å². The molecule has 1 aromatic heterocycles. The predicted molar refractivity (Wildman–Crippen MR) is 132 cm³/mol. The third-order valence-electron chi connectivity index (χ3n) is 7.18. The van der Waals surface area contributed by atoms with Crippen LogP contribution in [0.25, 0.3) is 11.1 Å². The molecule has 1 aliphatic heterocycles. The Kier molecular flexibility index (Phi) is 8.41. The van der Waals surface area contributed by atoms with Crippen molar-refractivity contribution in [2.45, 2.75) is 66.3 Å². The fraction of sp³-hybridized carbons (Fsp3) is 0.593. The van der Waals surface area contributed by atoms with Crippen LogP contribution in [0.4, 0.5) is 0 Å². The molecule has 5 heteroatoms. The van der Waals surface area contributed by atoms with Gasteiger partial charge < -0.3 is 18.9 Å². The number of methoxy groups -OCH3 is 2. The van der Waals surface area contributed by atoms with Gasteiger partial charge in [0.15, 0.2) is 0 Å². The minimum absolute atomic E-state index is 0.0930. The van der Waals surface area contributed by atoms with Gasteiger partial charge in [0.2, 0.25) is 0 Å². The molecule has 1 fully saturated rings. The van der Waals surface area contributed by atoms with Gasteiger partial charge in [-0.3, -0.25) is 4.79 Å². The molecular weight excluding hydrogens is 400 g/mol. The third kappa shape index (κ3) is 5.20. The van der Waals surface area contributed by atoms with E-state index in [1.54, 1.807) is 14.2 Å². The summed E-state index contributed by atoms with van der Waals surface area (Å²) in [5, 5.41) is 0. The first-order chi connectivity index (χ1) is 15.4. The van der Waals surface area contributed by atoms with Crippen molar-refractivity contribution >= 4 is 0 Å². The molecule has 32 heavy (non-hydrogen) atoms. The largest absolute Gasteiger partial charge is 0.496 e. The third-order valence-corrected chi connectivity index (χ3v) is 7.18. The SMILES string of the molecule is CCCn1cc(-c2cc(OC)c(CCN3CCC(CC)CC3)c(OC)c2)c(C)c(C)c1=O. The monoisotopic (exact) mass is 440 g/mol. The first kappa shape index (κ1) is 24.4. The smallest absolute Gasteiger partial charge is 0.253 e. The van der Waals surface area contributed by atoms with Crippen molar-refractivity contribution in [3.8, 4) is 22.6 Å². The first-order valence-electron chi connectivity index (χ1n) is 12.1. The lowest BCUT2D eigenvalue weighted by Gasteiger charge is -2.31. The fourth-order valence-corrected chi connectivity index (χ4v) is 4.86. The summed E-state index contributed by atoms with van der Waals surface area (Å²) < 4.78 is 13.5. The van der Waals surface area contributed by atoms with Crippen molar-refractivity contribution in [2.75, 3.05) is 33.9 Å². The molecule has 2 heterocycles. The highest BCUT2D eigenvalue weighted by molar-refractivity contribution is 5.72. The molecule has 0 bridgehead atoms. The van der Waals surface area contributed by atoms with Crippen LogP contribution in [0.15, 0.2) is 23.1 Å². The first-order valence-corrected chi connectivity index (χ1v) is 12.1. The summed E-state index contributed by atoms with van der Waals surface area (Å²) in [5.41, 5.74) is 5.10. The number of benzene rings is 1. The number of piperidine rings is 1. The second-order valence-corrected chi connectivity index (χ2v) is 9.09. The van der Waals surface area contributed by atoms with E-state index in [-0.39, 0.29) is 5.56 Å². The van der Waals surface area contributed by atoms with Crippen LogP contribution in [0.5, 0.6) is 11.5 Å². The second-order valence-electron chi connectivity index (χ2n) is 9.09. The number of hydrogen-bond donors (Lipinski definition) is 0. The van der Waals surface area contributed by atoms with Gasteiger partial charge in [0, 0.05) is 36.0 Å². The van der Waals surface area contributed by atoms with Gasteiger partial charge in [-0.2, -0.15) is 0 Å². The van der Waals surface area contributed by atoms with Crippen molar-refractivity contribution in [1.82, 2.24) is 9.47 Å². The Morgan fingerprint density at radius 1 is 0.969 bits per heavy atom. The highest BCUT2D eigenvalue weighted by atomic mass is 16.5. The molecule has 3 rings (SSSR count). The van der Waals surface area contributed by atoms with Crippen molar-refractivity contribution < 1.29 is 9.47 Å². The van der Waals surface area contributed by atoms with E-state index in [2.05, 4.69) is 30.9 Å².